The zero-order valence-corrected chi connectivity index (χ0v) is 19.3. The highest BCUT2D eigenvalue weighted by Gasteiger charge is 2.19. The van der Waals surface area contributed by atoms with Gasteiger partial charge in [0.15, 0.2) is 0 Å². The maximum Gasteiger partial charge on any atom is 0.310 e. The van der Waals surface area contributed by atoms with Crippen LogP contribution in [0.4, 0.5) is 5.69 Å². The highest BCUT2D eigenvalue weighted by Crippen LogP contribution is 2.22. The second-order valence-corrected chi connectivity index (χ2v) is 7.65. The van der Waals surface area contributed by atoms with Crippen molar-refractivity contribution >= 4 is 11.7 Å². The standard InChI is InChI=1S/C24H31N5O2/c1-7-28(8-2)22-12-10-9-11-20(22)15-31-23(30)14-21-18(5)27-29(19(21)6)24-25-16(3)13-17(4)26-24/h9-13H,7-8,14-15H2,1-6H3. The summed E-state index contributed by atoms with van der Waals surface area (Å²) in [7, 11) is 0. The minimum absolute atomic E-state index is 0.163. The lowest BCUT2D eigenvalue weighted by molar-refractivity contribution is -0.144. The van der Waals surface area contributed by atoms with Gasteiger partial charge in [-0.25, -0.2) is 14.6 Å². The van der Waals surface area contributed by atoms with Gasteiger partial charge in [-0.1, -0.05) is 18.2 Å². The van der Waals surface area contributed by atoms with Crippen molar-refractivity contribution < 1.29 is 9.53 Å². The number of aromatic nitrogens is 4. The Labute approximate surface area is 184 Å². The Bertz CT molecular complexity index is 1050. The molecule has 7 nitrogen and oxygen atoms in total. The van der Waals surface area contributed by atoms with Gasteiger partial charge in [0, 0.05) is 47.0 Å². The molecule has 0 spiro atoms. The van der Waals surface area contributed by atoms with Crippen LogP contribution in [0.2, 0.25) is 0 Å². The van der Waals surface area contributed by atoms with Crippen molar-refractivity contribution in [3.05, 3.63) is 64.2 Å². The van der Waals surface area contributed by atoms with Crippen molar-refractivity contribution in [3.63, 3.8) is 0 Å². The minimum Gasteiger partial charge on any atom is -0.460 e. The van der Waals surface area contributed by atoms with Crippen molar-refractivity contribution in [1.82, 2.24) is 19.7 Å². The van der Waals surface area contributed by atoms with Crippen molar-refractivity contribution in [1.29, 1.82) is 0 Å². The molecular formula is C24H31N5O2. The van der Waals surface area contributed by atoms with Gasteiger partial charge in [0.1, 0.15) is 6.61 Å². The molecular weight excluding hydrogens is 390 g/mol. The summed E-state index contributed by atoms with van der Waals surface area (Å²) in [6.45, 7) is 14.0. The van der Waals surface area contributed by atoms with E-state index in [2.05, 4.69) is 39.9 Å². The van der Waals surface area contributed by atoms with Gasteiger partial charge in [-0.2, -0.15) is 5.10 Å². The number of para-hydroxylation sites is 1. The number of esters is 1. The molecule has 0 radical (unpaired) electrons. The van der Waals surface area contributed by atoms with Gasteiger partial charge in [0.05, 0.1) is 12.1 Å². The summed E-state index contributed by atoms with van der Waals surface area (Å²) < 4.78 is 7.34. The molecule has 7 heteroatoms. The number of hydrogen-bond donors (Lipinski definition) is 0. The number of anilines is 1. The Morgan fingerprint density at radius 2 is 1.68 bits per heavy atom. The Morgan fingerprint density at radius 3 is 2.32 bits per heavy atom. The second kappa shape index (κ2) is 9.73. The first-order valence-corrected chi connectivity index (χ1v) is 10.7. The smallest absolute Gasteiger partial charge is 0.310 e. The van der Waals surface area contributed by atoms with Crippen LogP contribution in [0, 0.1) is 27.7 Å². The number of nitrogens with zero attached hydrogens (tertiary/aromatic N) is 5. The molecule has 3 aromatic rings. The zero-order valence-electron chi connectivity index (χ0n) is 19.3. The molecule has 2 heterocycles. The molecule has 164 valence electrons. The monoisotopic (exact) mass is 421 g/mol. The zero-order chi connectivity index (χ0) is 22.5. The average molecular weight is 422 g/mol. The van der Waals surface area contributed by atoms with Crippen molar-refractivity contribution in [2.45, 2.75) is 54.6 Å². The maximum atomic E-state index is 12.7. The summed E-state index contributed by atoms with van der Waals surface area (Å²) in [6, 6.07) is 9.97. The van der Waals surface area contributed by atoms with Crippen molar-refractivity contribution in [3.8, 4) is 5.95 Å². The molecule has 0 N–H and O–H groups in total. The number of rotatable bonds is 8. The largest absolute Gasteiger partial charge is 0.460 e. The predicted molar refractivity (Wildman–Crippen MR) is 122 cm³/mol. The molecule has 0 amide bonds. The van der Waals surface area contributed by atoms with E-state index in [4.69, 9.17) is 4.74 Å². The van der Waals surface area contributed by atoms with Crippen LogP contribution >= 0.6 is 0 Å². The molecule has 0 unspecified atom stereocenters. The summed E-state index contributed by atoms with van der Waals surface area (Å²) in [6.07, 6.45) is 0.163. The highest BCUT2D eigenvalue weighted by atomic mass is 16.5. The molecule has 3 rings (SSSR count). The third-order valence-electron chi connectivity index (χ3n) is 5.41. The SMILES string of the molecule is CCN(CC)c1ccccc1COC(=O)Cc1c(C)nn(-c2nc(C)cc(C)n2)c1C. The lowest BCUT2D eigenvalue weighted by atomic mass is 10.1. The number of carbonyl (C=O) groups is 1. The van der Waals surface area contributed by atoms with Crippen LogP contribution in [0.1, 0.15) is 47.8 Å². The van der Waals surface area contributed by atoms with Crippen LogP contribution in [0.5, 0.6) is 0 Å². The normalized spacial score (nSPS) is 10.9. The Kier molecular flexibility index (Phi) is 7.05. The van der Waals surface area contributed by atoms with Gasteiger partial charge >= 0.3 is 5.97 Å². The fraction of sp³-hybridized carbons (Fsp3) is 0.417. The molecule has 0 atom stereocenters. The molecule has 31 heavy (non-hydrogen) atoms. The predicted octanol–water partition coefficient (Wildman–Crippen LogP) is 4.03. The van der Waals surface area contributed by atoms with Crippen LogP contribution in [-0.2, 0) is 22.6 Å². The third-order valence-corrected chi connectivity index (χ3v) is 5.41. The van der Waals surface area contributed by atoms with E-state index in [0.29, 0.717) is 5.95 Å². The molecule has 0 aliphatic heterocycles. The number of hydrogen-bond acceptors (Lipinski definition) is 6. The lowest BCUT2D eigenvalue weighted by Crippen LogP contribution is -2.23. The van der Waals surface area contributed by atoms with E-state index in [9.17, 15) is 4.79 Å². The fourth-order valence-electron chi connectivity index (χ4n) is 3.79. The summed E-state index contributed by atoms with van der Waals surface area (Å²) in [5.41, 5.74) is 6.35. The van der Waals surface area contributed by atoms with Gasteiger partial charge in [0.25, 0.3) is 5.95 Å². The van der Waals surface area contributed by atoms with Crippen LogP contribution in [0.15, 0.2) is 30.3 Å². The van der Waals surface area contributed by atoms with Gasteiger partial charge < -0.3 is 9.64 Å². The first-order chi connectivity index (χ1) is 14.8. The molecule has 0 fully saturated rings. The van der Waals surface area contributed by atoms with Crippen LogP contribution in [-0.4, -0.2) is 38.8 Å². The Morgan fingerprint density at radius 1 is 1.03 bits per heavy atom. The first kappa shape index (κ1) is 22.5. The summed E-state index contributed by atoms with van der Waals surface area (Å²) >= 11 is 0. The van der Waals surface area contributed by atoms with Crippen molar-refractivity contribution in [2.24, 2.45) is 0 Å². The third kappa shape index (κ3) is 5.10. The van der Waals surface area contributed by atoms with E-state index in [1.54, 1.807) is 4.68 Å². The Hall–Kier alpha value is -3.22. The number of carbonyl (C=O) groups excluding carboxylic acids is 1. The van der Waals surface area contributed by atoms with Crippen LogP contribution in [0.3, 0.4) is 0 Å². The quantitative estimate of drug-likeness (QED) is 0.512. The van der Waals surface area contributed by atoms with Gasteiger partial charge in [-0.3, -0.25) is 4.79 Å². The fourth-order valence-corrected chi connectivity index (χ4v) is 3.79. The first-order valence-electron chi connectivity index (χ1n) is 10.7. The lowest BCUT2D eigenvalue weighted by Gasteiger charge is -2.24. The Balaban J connectivity index is 1.75. The summed E-state index contributed by atoms with van der Waals surface area (Å²) in [5, 5.41) is 4.57. The van der Waals surface area contributed by atoms with Crippen molar-refractivity contribution in [2.75, 3.05) is 18.0 Å². The molecule has 0 bridgehead atoms. The highest BCUT2D eigenvalue weighted by molar-refractivity contribution is 5.73. The second-order valence-electron chi connectivity index (χ2n) is 7.65. The maximum absolute atomic E-state index is 12.7. The number of benzene rings is 1. The molecule has 1 aromatic carbocycles. The van der Waals surface area contributed by atoms with E-state index in [1.807, 2.05) is 52.0 Å². The van der Waals surface area contributed by atoms with E-state index in [-0.39, 0.29) is 19.0 Å². The van der Waals surface area contributed by atoms with E-state index in [1.165, 1.54) is 0 Å². The van der Waals surface area contributed by atoms with Crippen LogP contribution < -0.4 is 4.90 Å². The number of aryl methyl sites for hydroxylation is 3. The topological polar surface area (TPSA) is 73.1 Å². The molecule has 0 saturated heterocycles. The number of ether oxygens (including phenoxy) is 1. The van der Waals surface area contributed by atoms with E-state index >= 15 is 0 Å². The summed E-state index contributed by atoms with van der Waals surface area (Å²) in [4.78, 5) is 23.9. The van der Waals surface area contributed by atoms with E-state index < -0.39 is 0 Å². The van der Waals surface area contributed by atoms with Crippen LogP contribution in [0.25, 0.3) is 5.95 Å². The van der Waals surface area contributed by atoms with E-state index in [0.717, 1.165) is 52.7 Å². The van der Waals surface area contributed by atoms with Gasteiger partial charge in [-0.05, 0) is 53.7 Å². The molecule has 2 aromatic heterocycles. The average Bonchev–Trinajstić information content (AvgIpc) is 3.01. The molecule has 0 saturated carbocycles. The summed E-state index contributed by atoms with van der Waals surface area (Å²) in [5.74, 6) is 0.243. The van der Waals surface area contributed by atoms with Gasteiger partial charge in [-0.15, -0.1) is 0 Å². The van der Waals surface area contributed by atoms with Gasteiger partial charge in [0.2, 0.25) is 0 Å². The molecule has 0 aliphatic rings. The molecule has 0 aliphatic carbocycles. The minimum atomic E-state index is -0.276.